The number of hydrogen-bond acceptors (Lipinski definition) is 1. The van der Waals surface area contributed by atoms with Gasteiger partial charge in [0, 0.05) is 5.54 Å². The Morgan fingerprint density at radius 2 is 2.06 bits per heavy atom. The van der Waals surface area contributed by atoms with Crippen LogP contribution < -0.4 is 5.32 Å². The van der Waals surface area contributed by atoms with Crippen LogP contribution in [0.4, 0.5) is 0 Å². The predicted molar refractivity (Wildman–Crippen MR) is 63.7 cm³/mol. The van der Waals surface area contributed by atoms with E-state index in [1.165, 1.54) is 5.56 Å². The molecule has 0 radical (unpaired) electrons. The lowest BCUT2D eigenvalue weighted by molar-refractivity contribution is -0.116. The summed E-state index contributed by atoms with van der Waals surface area (Å²) in [4.78, 5) is 11.4. The Morgan fingerprint density at radius 1 is 1.38 bits per heavy atom. The van der Waals surface area contributed by atoms with Gasteiger partial charge in [-0.3, -0.25) is 4.79 Å². The molecule has 2 rings (SSSR count). The topological polar surface area (TPSA) is 29.1 Å². The van der Waals surface area contributed by atoms with Crippen LogP contribution in [-0.4, -0.2) is 11.4 Å². The molecule has 82 valence electrons. The van der Waals surface area contributed by atoms with Crippen molar-refractivity contribution >= 4 is 5.91 Å². The minimum Gasteiger partial charge on any atom is -0.339 e. The molecule has 1 aliphatic carbocycles. The van der Waals surface area contributed by atoms with E-state index in [1.807, 2.05) is 18.2 Å². The lowest BCUT2D eigenvalue weighted by Crippen LogP contribution is -2.37. The molecule has 0 aliphatic heterocycles. The molecule has 0 spiro atoms. The van der Waals surface area contributed by atoms with Crippen molar-refractivity contribution in [1.29, 1.82) is 0 Å². The second kappa shape index (κ2) is 4.40. The lowest BCUT2D eigenvalue weighted by Gasteiger charge is -2.15. The van der Waals surface area contributed by atoms with E-state index in [4.69, 9.17) is 0 Å². The highest BCUT2D eigenvalue weighted by Gasteiger charge is 2.43. The monoisotopic (exact) mass is 213 g/mol. The SMILES string of the molecule is CC#CC(=O)NC1(Cc2ccccc2)CC1. The molecule has 0 saturated heterocycles. The molecule has 1 aromatic carbocycles. The van der Waals surface area contributed by atoms with Gasteiger partial charge in [0.05, 0.1) is 0 Å². The second-order valence-electron chi connectivity index (χ2n) is 4.27. The highest BCUT2D eigenvalue weighted by Crippen LogP contribution is 2.38. The van der Waals surface area contributed by atoms with Crippen molar-refractivity contribution in [3.8, 4) is 11.8 Å². The molecular weight excluding hydrogens is 198 g/mol. The Morgan fingerprint density at radius 3 is 2.62 bits per heavy atom. The maximum Gasteiger partial charge on any atom is 0.296 e. The molecule has 2 nitrogen and oxygen atoms in total. The fraction of sp³-hybridized carbons (Fsp3) is 0.357. The third-order valence-electron chi connectivity index (χ3n) is 2.86. The molecule has 0 atom stereocenters. The zero-order valence-electron chi connectivity index (χ0n) is 9.42. The summed E-state index contributed by atoms with van der Waals surface area (Å²) < 4.78 is 0. The first kappa shape index (κ1) is 10.8. The van der Waals surface area contributed by atoms with Crippen molar-refractivity contribution in [3.63, 3.8) is 0 Å². The van der Waals surface area contributed by atoms with Gasteiger partial charge in [-0.15, -0.1) is 0 Å². The van der Waals surface area contributed by atoms with E-state index in [0.717, 1.165) is 19.3 Å². The average molecular weight is 213 g/mol. The van der Waals surface area contributed by atoms with E-state index in [0.29, 0.717) is 0 Å². The molecule has 1 saturated carbocycles. The average Bonchev–Trinajstić information content (AvgIpc) is 2.99. The number of hydrogen-bond donors (Lipinski definition) is 1. The number of benzene rings is 1. The van der Waals surface area contributed by atoms with Crippen LogP contribution in [-0.2, 0) is 11.2 Å². The Hall–Kier alpha value is -1.75. The molecular formula is C14H15NO. The van der Waals surface area contributed by atoms with Gasteiger partial charge in [-0.2, -0.15) is 0 Å². The normalized spacial score (nSPS) is 15.8. The third kappa shape index (κ3) is 2.64. The molecule has 1 N–H and O–H groups in total. The first-order valence-corrected chi connectivity index (χ1v) is 5.53. The molecule has 1 amide bonds. The lowest BCUT2D eigenvalue weighted by atomic mass is 10.0. The molecule has 2 heteroatoms. The fourth-order valence-electron chi connectivity index (χ4n) is 1.87. The third-order valence-corrected chi connectivity index (χ3v) is 2.86. The summed E-state index contributed by atoms with van der Waals surface area (Å²) in [5.74, 6) is 4.99. The molecule has 0 unspecified atom stereocenters. The smallest absolute Gasteiger partial charge is 0.296 e. The van der Waals surface area contributed by atoms with E-state index in [1.54, 1.807) is 6.92 Å². The molecule has 0 aromatic heterocycles. The van der Waals surface area contributed by atoms with Crippen LogP contribution in [0.1, 0.15) is 25.3 Å². The second-order valence-corrected chi connectivity index (χ2v) is 4.27. The summed E-state index contributed by atoms with van der Waals surface area (Å²) in [6.45, 7) is 1.68. The Balaban J connectivity index is 1.98. The van der Waals surface area contributed by atoms with Crippen molar-refractivity contribution < 1.29 is 4.79 Å². The molecule has 1 aromatic rings. The van der Waals surface area contributed by atoms with Gasteiger partial charge in [-0.05, 0) is 37.7 Å². The zero-order valence-corrected chi connectivity index (χ0v) is 9.42. The van der Waals surface area contributed by atoms with Gasteiger partial charge in [0.1, 0.15) is 0 Å². The van der Waals surface area contributed by atoms with E-state index >= 15 is 0 Å². The molecule has 0 heterocycles. The minimum atomic E-state index is -0.157. The quantitative estimate of drug-likeness (QED) is 0.763. The van der Waals surface area contributed by atoms with Crippen molar-refractivity contribution in [2.45, 2.75) is 31.7 Å². The van der Waals surface area contributed by atoms with Gasteiger partial charge in [0.25, 0.3) is 5.91 Å². The van der Waals surface area contributed by atoms with Gasteiger partial charge >= 0.3 is 0 Å². The molecule has 1 aliphatic rings. The number of rotatable bonds is 3. The van der Waals surface area contributed by atoms with E-state index in [-0.39, 0.29) is 11.4 Å². The summed E-state index contributed by atoms with van der Waals surface area (Å²) in [6.07, 6.45) is 3.02. The summed E-state index contributed by atoms with van der Waals surface area (Å²) >= 11 is 0. The summed E-state index contributed by atoms with van der Waals surface area (Å²) in [6, 6.07) is 10.2. The van der Waals surface area contributed by atoms with E-state index in [2.05, 4.69) is 29.3 Å². The van der Waals surface area contributed by atoms with Crippen LogP contribution in [0.3, 0.4) is 0 Å². The highest BCUT2D eigenvalue weighted by molar-refractivity contribution is 5.94. The van der Waals surface area contributed by atoms with Crippen LogP contribution in [0, 0.1) is 11.8 Å². The molecule has 16 heavy (non-hydrogen) atoms. The molecule has 0 bridgehead atoms. The number of carbonyl (C=O) groups is 1. The highest BCUT2D eigenvalue weighted by atomic mass is 16.1. The van der Waals surface area contributed by atoms with Gasteiger partial charge < -0.3 is 5.32 Å². The number of nitrogens with one attached hydrogen (secondary N) is 1. The van der Waals surface area contributed by atoms with Crippen molar-refractivity contribution in [2.24, 2.45) is 0 Å². The minimum absolute atomic E-state index is 0.0255. The Labute approximate surface area is 96.1 Å². The molecule has 1 fully saturated rings. The van der Waals surface area contributed by atoms with E-state index in [9.17, 15) is 4.79 Å². The summed E-state index contributed by atoms with van der Waals surface area (Å²) in [7, 11) is 0. The van der Waals surface area contributed by atoms with Crippen LogP contribution >= 0.6 is 0 Å². The first-order valence-electron chi connectivity index (χ1n) is 5.53. The van der Waals surface area contributed by atoms with Crippen molar-refractivity contribution in [3.05, 3.63) is 35.9 Å². The number of amides is 1. The van der Waals surface area contributed by atoms with Crippen LogP contribution in [0.2, 0.25) is 0 Å². The van der Waals surface area contributed by atoms with Gasteiger partial charge in [0.2, 0.25) is 0 Å². The van der Waals surface area contributed by atoms with Gasteiger partial charge in [-0.1, -0.05) is 36.3 Å². The summed E-state index contributed by atoms with van der Waals surface area (Å²) in [5, 5.41) is 3.00. The zero-order chi connectivity index (χ0) is 11.4. The van der Waals surface area contributed by atoms with Gasteiger partial charge in [0.15, 0.2) is 0 Å². The van der Waals surface area contributed by atoms with Gasteiger partial charge in [-0.25, -0.2) is 0 Å². The van der Waals surface area contributed by atoms with Crippen LogP contribution in [0.15, 0.2) is 30.3 Å². The fourth-order valence-corrected chi connectivity index (χ4v) is 1.87. The van der Waals surface area contributed by atoms with Crippen molar-refractivity contribution in [1.82, 2.24) is 5.32 Å². The Kier molecular flexibility index (Phi) is 2.96. The largest absolute Gasteiger partial charge is 0.339 e. The maximum absolute atomic E-state index is 11.4. The predicted octanol–water partition coefficient (Wildman–Crippen LogP) is 1.90. The maximum atomic E-state index is 11.4. The summed E-state index contributed by atoms with van der Waals surface area (Å²) in [5.41, 5.74) is 1.24. The van der Waals surface area contributed by atoms with E-state index < -0.39 is 0 Å². The number of carbonyl (C=O) groups excluding carboxylic acids is 1. The van der Waals surface area contributed by atoms with Crippen molar-refractivity contribution in [2.75, 3.05) is 0 Å². The van der Waals surface area contributed by atoms with Crippen LogP contribution in [0.5, 0.6) is 0 Å². The van der Waals surface area contributed by atoms with Crippen LogP contribution in [0.25, 0.3) is 0 Å². The standard InChI is InChI=1S/C14H15NO/c1-2-6-13(16)15-14(9-10-14)11-12-7-4-3-5-8-12/h3-5,7-8H,9-11H2,1H3,(H,15,16). The Bertz CT molecular complexity index is 435. The first-order chi connectivity index (χ1) is 7.74.